The molecule has 19 heavy (non-hydrogen) atoms. The highest BCUT2D eigenvalue weighted by Crippen LogP contribution is 2.14. The Bertz CT molecular complexity index is 466. The van der Waals surface area contributed by atoms with Crippen molar-refractivity contribution in [1.82, 2.24) is 5.32 Å². The molecule has 5 nitrogen and oxygen atoms in total. The molecule has 0 aliphatic carbocycles. The van der Waals surface area contributed by atoms with Gasteiger partial charge in [0.05, 0.1) is 6.54 Å². The molecule has 0 heterocycles. The number of nitrogens with zero attached hydrogens (tertiary/aromatic N) is 1. The molecule has 2 N–H and O–H groups in total. The number of benzene rings is 1. The van der Waals surface area contributed by atoms with Crippen LogP contribution in [0.5, 0.6) is 0 Å². The summed E-state index contributed by atoms with van der Waals surface area (Å²) in [5.74, 6) is -1.00. The zero-order valence-corrected chi connectivity index (χ0v) is 11.1. The second kappa shape index (κ2) is 7.20. The van der Waals surface area contributed by atoms with Crippen LogP contribution in [-0.2, 0) is 9.59 Å². The Labute approximate surface area is 112 Å². The third-order valence-corrected chi connectivity index (χ3v) is 2.51. The first-order valence-corrected chi connectivity index (χ1v) is 6.02. The van der Waals surface area contributed by atoms with Crippen LogP contribution in [0, 0.1) is 0 Å². The zero-order chi connectivity index (χ0) is 14.3. The van der Waals surface area contributed by atoms with E-state index in [4.69, 9.17) is 5.11 Å². The summed E-state index contributed by atoms with van der Waals surface area (Å²) in [5.41, 5.74) is 1.70. The Kier molecular flexibility index (Phi) is 5.60. The lowest BCUT2D eigenvalue weighted by Crippen LogP contribution is -2.34. The minimum atomic E-state index is -0.975. The van der Waals surface area contributed by atoms with Gasteiger partial charge in [-0.15, -0.1) is 0 Å². The number of nitrogens with one attached hydrogen (secondary N) is 1. The smallest absolute Gasteiger partial charge is 0.328 e. The van der Waals surface area contributed by atoms with Gasteiger partial charge in [-0.3, -0.25) is 4.79 Å². The monoisotopic (exact) mass is 262 g/mol. The number of hydrogen-bond donors (Lipinski definition) is 2. The van der Waals surface area contributed by atoms with Crippen molar-refractivity contribution in [2.24, 2.45) is 0 Å². The Balaban J connectivity index is 2.65. The van der Waals surface area contributed by atoms with E-state index in [0.717, 1.165) is 17.3 Å². The number of aliphatic carboxylic acids is 1. The van der Waals surface area contributed by atoms with Crippen LogP contribution in [0.25, 0.3) is 6.08 Å². The third kappa shape index (κ3) is 5.25. The molecule has 0 saturated carbocycles. The fraction of sp³-hybridized carbons (Fsp3) is 0.286. The maximum Gasteiger partial charge on any atom is 0.328 e. The Morgan fingerprint density at radius 1 is 1.32 bits per heavy atom. The number of carboxylic acid groups (broad SMARTS) is 1. The molecule has 1 rings (SSSR count). The van der Waals surface area contributed by atoms with Crippen LogP contribution in [0.15, 0.2) is 30.3 Å². The van der Waals surface area contributed by atoms with Crippen molar-refractivity contribution in [1.29, 1.82) is 0 Å². The quantitative estimate of drug-likeness (QED) is 0.759. The molecule has 0 aliphatic heterocycles. The highest BCUT2D eigenvalue weighted by atomic mass is 16.4. The fourth-order valence-corrected chi connectivity index (χ4v) is 1.57. The molecule has 1 aromatic carbocycles. The molecule has 0 fully saturated rings. The molecule has 1 aromatic rings. The largest absolute Gasteiger partial charge is 0.478 e. The maximum atomic E-state index is 11.4. The molecule has 0 atom stereocenters. The molecule has 0 saturated heterocycles. The number of carbonyl (C=O) groups is 2. The van der Waals surface area contributed by atoms with Gasteiger partial charge in [0.1, 0.15) is 0 Å². The van der Waals surface area contributed by atoms with Gasteiger partial charge in [0, 0.05) is 25.4 Å². The van der Waals surface area contributed by atoms with E-state index >= 15 is 0 Å². The second-order valence-electron chi connectivity index (χ2n) is 4.07. The molecular weight excluding hydrogens is 244 g/mol. The first kappa shape index (κ1) is 14.8. The van der Waals surface area contributed by atoms with Crippen molar-refractivity contribution in [2.45, 2.75) is 6.92 Å². The van der Waals surface area contributed by atoms with Crippen molar-refractivity contribution in [3.8, 4) is 0 Å². The zero-order valence-electron chi connectivity index (χ0n) is 11.1. The normalized spacial score (nSPS) is 10.4. The number of likely N-dealkylation sites (N-methyl/N-ethyl adjacent to an activating group) is 2. The lowest BCUT2D eigenvalue weighted by Gasteiger charge is -2.18. The number of hydrogen-bond acceptors (Lipinski definition) is 3. The number of carboxylic acids is 1. The second-order valence-corrected chi connectivity index (χ2v) is 4.07. The molecule has 0 radical (unpaired) electrons. The first-order chi connectivity index (χ1) is 9.02. The fourth-order valence-electron chi connectivity index (χ4n) is 1.57. The third-order valence-electron chi connectivity index (χ3n) is 2.51. The van der Waals surface area contributed by atoms with Crippen molar-refractivity contribution in [3.05, 3.63) is 35.9 Å². The van der Waals surface area contributed by atoms with Gasteiger partial charge in [0.2, 0.25) is 5.91 Å². The van der Waals surface area contributed by atoms with Gasteiger partial charge in [-0.2, -0.15) is 0 Å². The summed E-state index contributed by atoms with van der Waals surface area (Å²) in [4.78, 5) is 23.7. The molecule has 0 bridgehead atoms. The van der Waals surface area contributed by atoms with Gasteiger partial charge in [-0.05, 0) is 30.7 Å². The summed E-state index contributed by atoms with van der Waals surface area (Å²) in [7, 11) is 1.83. The van der Waals surface area contributed by atoms with E-state index in [0.29, 0.717) is 6.54 Å². The van der Waals surface area contributed by atoms with E-state index in [9.17, 15) is 9.59 Å². The average Bonchev–Trinajstić information content (AvgIpc) is 2.37. The van der Waals surface area contributed by atoms with E-state index in [1.165, 1.54) is 6.08 Å². The van der Waals surface area contributed by atoms with Gasteiger partial charge in [0.25, 0.3) is 0 Å². The summed E-state index contributed by atoms with van der Waals surface area (Å²) < 4.78 is 0. The molecule has 102 valence electrons. The molecule has 0 unspecified atom stereocenters. The Hall–Kier alpha value is -2.30. The minimum absolute atomic E-state index is 0.0279. The maximum absolute atomic E-state index is 11.4. The van der Waals surface area contributed by atoms with Crippen LogP contribution < -0.4 is 10.2 Å². The molecule has 1 amide bonds. The van der Waals surface area contributed by atoms with Crippen LogP contribution in [0.4, 0.5) is 5.69 Å². The van der Waals surface area contributed by atoms with E-state index in [1.54, 1.807) is 0 Å². The van der Waals surface area contributed by atoms with Crippen molar-refractivity contribution in [2.75, 3.05) is 25.0 Å². The van der Waals surface area contributed by atoms with Crippen LogP contribution in [0.1, 0.15) is 12.5 Å². The summed E-state index contributed by atoms with van der Waals surface area (Å²) in [6.07, 6.45) is 2.61. The number of amides is 1. The lowest BCUT2D eigenvalue weighted by atomic mass is 10.2. The van der Waals surface area contributed by atoms with Crippen LogP contribution in [0.3, 0.4) is 0 Å². The van der Waals surface area contributed by atoms with Gasteiger partial charge in [-0.1, -0.05) is 12.1 Å². The molecule has 0 spiro atoms. The Morgan fingerprint density at radius 3 is 2.47 bits per heavy atom. The van der Waals surface area contributed by atoms with Crippen molar-refractivity contribution < 1.29 is 14.7 Å². The van der Waals surface area contributed by atoms with Gasteiger partial charge >= 0.3 is 5.97 Å². The van der Waals surface area contributed by atoms with Gasteiger partial charge in [-0.25, -0.2) is 4.79 Å². The van der Waals surface area contributed by atoms with Crippen molar-refractivity contribution >= 4 is 23.6 Å². The van der Waals surface area contributed by atoms with Gasteiger partial charge < -0.3 is 15.3 Å². The van der Waals surface area contributed by atoms with Crippen molar-refractivity contribution in [3.63, 3.8) is 0 Å². The standard InChI is InChI=1S/C14H18N2O3/c1-3-15-13(17)10-16(2)12-7-4-11(5-8-12)6-9-14(18)19/h4-9H,3,10H2,1-2H3,(H,15,17)(H,18,19). The number of rotatable bonds is 6. The molecule has 0 aliphatic rings. The van der Waals surface area contributed by atoms with Crippen LogP contribution in [0.2, 0.25) is 0 Å². The van der Waals surface area contributed by atoms with Crippen LogP contribution in [-0.4, -0.2) is 37.1 Å². The van der Waals surface area contributed by atoms with E-state index < -0.39 is 5.97 Å². The van der Waals surface area contributed by atoms with E-state index in [1.807, 2.05) is 43.1 Å². The summed E-state index contributed by atoms with van der Waals surface area (Å²) in [6, 6.07) is 7.31. The summed E-state index contributed by atoms with van der Waals surface area (Å²) >= 11 is 0. The molecular formula is C14H18N2O3. The lowest BCUT2D eigenvalue weighted by molar-refractivity contribution is -0.131. The average molecular weight is 262 g/mol. The Morgan fingerprint density at radius 2 is 1.95 bits per heavy atom. The summed E-state index contributed by atoms with van der Waals surface area (Å²) in [6.45, 7) is 2.78. The van der Waals surface area contributed by atoms with E-state index in [2.05, 4.69) is 5.32 Å². The van der Waals surface area contributed by atoms with Crippen LogP contribution >= 0.6 is 0 Å². The minimum Gasteiger partial charge on any atom is -0.478 e. The topological polar surface area (TPSA) is 69.6 Å². The highest BCUT2D eigenvalue weighted by molar-refractivity contribution is 5.85. The first-order valence-electron chi connectivity index (χ1n) is 6.02. The summed E-state index contributed by atoms with van der Waals surface area (Å²) in [5, 5.41) is 11.3. The SMILES string of the molecule is CCNC(=O)CN(C)c1ccc(C=CC(=O)O)cc1. The molecule has 5 heteroatoms. The predicted octanol–water partition coefficient (Wildman–Crippen LogP) is 1.36. The number of carbonyl (C=O) groups excluding carboxylic acids is 1. The number of anilines is 1. The predicted molar refractivity (Wildman–Crippen MR) is 75.1 cm³/mol. The highest BCUT2D eigenvalue weighted by Gasteiger charge is 2.05. The molecule has 0 aromatic heterocycles. The van der Waals surface area contributed by atoms with E-state index in [-0.39, 0.29) is 12.5 Å². The van der Waals surface area contributed by atoms with Gasteiger partial charge in [0.15, 0.2) is 0 Å².